The van der Waals surface area contributed by atoms with E-state index in [9.17, 15) is 9.59 Å². The molecule has 0 aromatic heterocycles. The lowest BCUT2D eigenvalue weighted by Gasteiger charge is -2.29. The van der Waals surface area contributed by atoms with Crippen molar-refractivity contribution in [3.63, 3.8) is 0 Å². The topological polar surface area (TPSA) is 61.9 Å². The van der Waals surface area contributed by atoms with Gasteiger partial charge in [0, 0.05) is 18.1 Å². The Morgan fingerprint density at radius 2 is 1.93 bits per heavy atom. The first kappa shape index (κ1) is 21.5. The second-order valence-corrected chi connectivity index (χ2v) is 8.54. The van der Waals surface area contributed by atoms with Gasteiger partial charge >= 0.3 is 6.09 Å². The van der Waals surface area contributed by atoms with Crippen LogP contribution in [0.25, 0.3) is 0 Å². The van der Waals surface area contributed by atoms with Gasteiger partial charge in [-0.15, -0.1) is 0 Å². The Hall–Kier alpha value is -1.79. The third-order valence-electron chi connectivity index (χ3n) is 4.53. The molecule has 1 N–H and O–H groups in total. The molecule has 1 aliphatic heterocycles. The van der Waals surface area contributed by atoms with Crippen LogP contribution in [0, 0.1) is 0 Å². The van der Waals surface area contributed by atoms with Gasteiger partial charge in [-0.05, 0) is 65.4 Å². The zero-order valence-electron chi connectivity index (χ0n) is 16.8. The highest BCUT2D eigenvalue weighted by Crippen LogP contribution is 2.23. The molecule has 0 radical (unpaired) electrons. The monoisotopic (exact) mass is 395 g/mol. The maximum Gasteiger partial charge on any atom is 0.410 e. The van der Waals surface area contributed by atoms with Crippen molar-refractivity contribution >= 4 is 23.6 Å². The Morgan fingerprint density at radius 1 is 1.30 bits per heavy atom. The van der Waals surface area contributed by atoms with Crippen LogP contribution in [0.2, 0.25) is 5.02 Å². The van der Waals surface area contributed by atoms with Gasteiger partial charge < -0.3 is 15.0 Å². The van der Waals surface area contributed by atoms with Crippen LogP contribution in [0.1, 0.15) is 45.2 Å². The van der Waals surface area contributed by atoms with Gasteiger partial charge in [0.2, 0.25) is 5.91 Å². The van der Waals surface area contributed by atoms with E-state index in [1.807, 2.05) is 64.0 Å². The second kappa shape index (κ2) is 8.93. The number of benzene rings is 1. The molecule has 2 amide bonds. The highest BCUT2D eigenvalue weighted by atomic mass is 35.5. The lowest BCUT2D eigenvalue weighted by molar-refractivity contribution is -0.125. The van der Waals surface area contributed by atoms with Crippen LogP contribution in [0.5, 0.6) is 0 Å². The number of nitrogens with one attached hydrogen (secondary N) is 1. The number of likely N-dealkylation sites (N-methyl/N-ethyl adjacent to an activating group) is 1. The minimum Gasteiger partial charge on any atom is -0.444 e. The van der Waals surface area contributed by atoms with E-state index in [1.54, 1.807) is 0 Å². The summed E-state index contributed by atoms with van der Waals surface area (Å²) in [6, 6.07) is 7.14. The number of amides is 2. The van der Waals surface area contributed by atoms with Crippen LogP contribution >= 0.6 is 11.6 Å². The maximum atomic E-state index is 12.7. The Morgan fingerprint density at radius 3 is 2.48 bits per heavy atom. The fraction of sp³-hybridized carbons (Fsp3) is 0.600. The Labute approximate surface area is 166 Å². The summed E-state index contributed by atoms with van der Waals surface area (Å²) in [6.45, 7) is 6.46. The van der Waals surface area contributed by atoms with Gasteiger partial charge in [-0.1, -0.05) is 23.7 Å². The average molecular weight is 396 g/mol. The minimum atomic E-state index is -0.578. The Kier molecular flexibility index (Phi) is 7.12. The van der Waals surface area contributed by atoms with Gasteiger partial charge in [-0.3, -0.25) is 9.69 Å². The summed E-state index contributed by atoms with van der Waals surface area (Å²) in [6.07, 6.45) is 1.02. The van der Waals surface area contributed by atoms with Crippen LogP contribution in [0.15, 0.2) is 24.3 Å². The summed E-state index contributed by atoms with van der Waals surface area (Å²) in [5, 5.41) is 3.68. The fourth-order valence-corrected chi connectivity index (χ4v) is 3.30. The molecule has 0 spiro atoms. The van der Waals surface area contributed by atoms with E-state index >= 15 is 0 Å². The number of halogens is 1. The van der Waals surface area contributed by atoms with Gasteiger partial charge in [0.1, 0.15) is 11.6 Å². The first-order valence-corrected chi connectivity index (χ1v) is 9.65. The minimum absolute atomic E-state index is 0.0163. The number of hydrogen-bond acceptors (Lipinski definition) is 4. The zero-order valence-corrected chi connectivity index (χ0v) is 17.5. The molecule has 150 valence electrons. The molecule has 6 nitrogen and oxygen atoms in total. The molecule has 2 rings (SSSR count). The van der Waals surface area contributed by atoms with Crippen LogP contribution in [0.3, 0.4) is 0 Å². The molecule has 0 aliphatic carbocycles. The molecule has 27 heavy (non-hydrogen) atoms. The van der Waals surface area contributed by atoms with Crippen molar-refractivity contribution in [3.05, 3.63) is 34.9 Å². The number of hydrogen-bond donors (Lipinski definition) is 1. The SMILES string of the molecule is CN(C)C(CNC(=O)C1CCCN1C(=O)OC(C)(C)C)c1ccc(Cl)cc1. The third kappa shape index (κ3) is 6.11. The Bertz CT molecular complexity index is 655. The maximum absolute atomic E-state index is 12.7. The summed E-state index contributed by atoms with van der Waals surface area (Å²) in [7, 11) is 3.93. The molecule has 0 saturated carbocycles. The Balaban J connectivity index is 2.00. The molecule has 0 bridgehead atoms. The van der Waals surface area contributed by atoms with Crippen molar-refractivity contribution in [3.8, 4) is 0 Å². The van der Waals surface area contributed by atoms with Crippen molar-refractivity contribution in [2.24, 2.45) is 0 Å². The van der Waals surface area contributed by atoms with Crippen molar-refractivity contribution in [1.29, 1.82) is 0 Å². The number of carbonyl (C=O) groups is 2. The molecule has 7 heteroatoms. The summed E-state index contributed by atoms with van der Waals surface area (Å²) >= 11 is 5.97. The lowest BCUT2D eigenvalue weighted by atomic mass is 10.1. The van der Waals surface area contributed by atoms with Crippen LogP contribution in [-0.4, -0.2) is 60.6 Å². The van der Waals surface area contributed by atoms with Gasteiger partial charge in [0.25, 0.3) is 0 Å². The fourth-order valence-electron chi connectivity index (χ4n) is 3.18. The van der Waals surface area contributed by atoms with Gasteiger partial charge in [0.05, 0.1) is 6.04 Å². The number of carbonyl (C=O) groups excluding carboxylic acids is 2. The molecule has 1 heterocycles. The normalized spacial score (nSPS) is 18.5. The van der Waals surface area contributed by atoms with Crippen molar-refractivity contribution in [2.75, 3.05) is 27.2 Å². The summed E-state index contributed by atoms with van der Waals surface area (Å²) < 4.78 is 5.43. The van der Waals surface area contributed by atoms with Crippen molar-refractivity contribution < 1.29 is 14.3 Å². The first-order valence-electron chi connectivity index (χ1n) is 9.27. The lowest BCUT2D eigenvalue weighted by Crippen LogP contribution is -2.48. The predicted octanol–water partition coefficient (Wildman–Crippen LogP) is 3.46. The standard InChI is InChI=1S/C20H30ClN3O3/c1-20(2,3)27-19(26)24-12-6-7-16(24)18(25)22-13-17(23(4)5)14-8-10-15(21)11-9-14/h8-11,16-17H,6-7,12-13H2,1-5H3,(H,22,25). The number of nitrogens with zero attached hydrogens (tertiary/aromatic N) is 2. The molecule has 1 aromatic rings. The van der Waals surface area contributed by atoms with E-state index in [-0.39, 0.29) is 11.9 Å². The average Bonchev–Trinajstić information content (AvgIpc) is 3.04. The molecule has 1 aliphatic rings. The largest absolute Gasteiger partial charge is 0.444 e. The molecule has 1 fully saturated rings. The van der Waals surface area contributed by atoms with Gasteiger partial charge in [0.15, 0.2) is 0 Å². The third-order valence-corrected chi connectivity index (χ3v) is 4.78. The molecule has 2 atom stereocenters. The highest BCUT2D eigenvalue weighted by molar-refractivity contribution is 6.30. The van der Waals surface area contributed by atoms with Crippen molar-refractivity contribution in [1.82, 2.24) is 15.1 Å². The quantitative estimate of drug-likeness (QED) is 0.829. The number of likely N-dealkylation sites (tertiary alicyclic amines) is 1. The molecule has 1 saturated heterocycles. The highest BCUT2D eigenvalue weighted by Gasteiger charge is 2.36. The van der Waals surface area contributed by atoms with E-state index in [1.165, 1.54) is 4.90 Å². The van der Waals surface area contributed by atoms with Crippen molar-refractivity contribution in [2.45, 2.75) is 51.3 Å². The summed E-state index contributed by atoms with van der Waals surface area (Å²) in [4.78, 5) is 28.7. The molecule has 1 aromatic carbocycles. The van der Waals surface area contributed by atoms with E-state index in [0.717, 1.165) is 12.0 Å². The first-order chi connectivity index (χ1) is 12.6. The zero-order chi connectivity index (χ0) is 20.2. The second-order valence-electron chi connectivity index (χ2n) is 8.11. The van der Waals surface area contributed by atoms with E-state index in [4.69, 9.17) is 16.3 Å². The number of ether oxygens (including phenoxy) is 1. The van der Waals surface area contributed by atoms with E-state index in [0.29, 0.717) is 24.5 Å². The molecule has 2 unspecified atom stereocenters. The van der Waals surface area contributed by atoms with Crippen LogP contribution in [-0.2, 0) is 9.53 Å². The van der Waals surface area contributed by atoms with Crippen LogP contribution in [0.4, 0.5) is 4.79 Å². The number of rotatable bonds is 5. The molecular weight excluding hydrogens is 366 g/mol. The summed E-state index contributed by atoms with van der Waals surface area (Å²) in [5.74, 6) is -0.140. The van der Waals surface area contributed by atoms with E-state index < -0.39 is 17.7 Å². The van der Waals surface area contributed by atoms with E-state index in [2.05, 4.69) is 5.32 Å². The molecular formula is C20H30ClN3O3. The summed E-state index contributed by atoms with van der Waals surface area (Å²) in [5.41, 5.74) is 0.491. The predicted molar refractivity (Wildman–Crippen MR) is 107 cm³/mol. The van der Waals surface area contributed by atoms with Gasteiger partial charge in [-0.25, -0.2) is 4.79 Å². The van der Waals surface area contributed by atoms with Crippen LogP contribution < -0.4 is 5.32 Å². The smallest absolute Gasteiger partial charge is 0.410 e. The van der Waals surface area contributed by atoms with Gasteiger partial charge in [-0.2, -0.15) is 0 Å².